The van der Waals surface area contributed by atoms with E-state index in [1.54, 1.807) is 12.1 Å². The average Bonchev–Trinajstić information content (AvgIpc) is 3.16. The van der Waals surface area contributed by atoms with Crippen LogP contribution in [0.4, 0.5) is 10.1 Å². The molecule has 1 aromatic heterocycles. The van der Waals surface area contributed by atoms with E-state index < -0.39 is 0 Å². The molecule has 0 aliphatic heterocycles. The molecular weight excluding hydrogens is 387 g/mol. The average molecular weight is 406 g/mol. The number of thioether (sulfide) groups is 1. The molecule has 0 fully saturated rings. The number of carbonyl (C=O) groups excluding carboxylic acids is 1. The number of nitrogens with zero attached hydrogens (tertiary/aromatic N) is 3. The van der Waals surface area contributed by atoms with Crippen LogP contribution in [0.5, 0.6) is 0 Å². The third-order valence-corrected chi connectivity index (χ3v) is 5.50. The summed E-state index contributed by atoms with van der Waals surface area (Å²) in [5.41, 5.74) is 1.57. The van der Waals surface area contributed by atoms with E-state index in [2.05, 4.69) is 15.5 Å². The quantitative estimate of drug-likeness (QED) is 0.459. The monoisotopic (exact) mass is 406 g/mol. The second kappa shape index (κ2) is 8.45. The summed E-state index contributed by atoms with van der Waals surface area (Å²) in [4.78, 5) is 12.5. The van der Waals surface area contributed by atoms with Gasteiger partial charge in [-0.25, -0.2) is 4.39 Å². The van der Waals surface area contributed by atoms with E-state index >= 15 is 0 Å². The molecule has 0 aliphatic carbocycles. The molecule has 7 heteroatoms. The van der Waals surface area contributed by atoms with E-state index in [0.29, 0.717) is 17.5 Å². The van der Waals surface area contributed by atoms with Gasteiger partial charge in [0, 0.05) is 23.2 Å². The minimum atomic E-state index is -0.295. The van der Waals surface area contributed by atoms with Crippen LogP contribution >= 0.6 is 11.8 Å². The van der Waals surface area contributed by atoms with Crippen LogP contribution in [-0.4, -0.2) is 26.4 Å². The fourth-order valence-corrected chi connectivity index (χ4v) is 3.95. The van der Waals surface area contributed by atoms with E-state index in [4.69, 9.17) is 0 Å². The van der Waals surface area contributed by atoms with E-state index in [1.165, 1.54) is 23.9 Å². The smallest absolute Gasteiger partial charge is 0.234 e. The first-order valence-corrected chi connectivity index (χ1v) is 10.2. The van der Waals surface area contributed by atoms with E-state index in [-0.39, 0.29) is 17.5 Å². The van der Waals surface area contributed by atoms with Crippen LogP contribution in [0.25, 0.3) is 22.2 Å². The van der Waals surface area contributed by atoms with E-state index in [1.807, 2.05) is 54.0 Å². The lowest BCUT2D eigenvalue weighted by molar-refractivity contribution is -0.113. The van der Waals surface area contributed by atoms with Crippen molar-refractivity contribution in [2.75, 3.05) is 11.1 Å². The van der Waals surface area contributed by atoms with Crippen LogP contribution in [0.15, 0.2) is 71.9 Å². The standard InChI is InChI=1S/C22H19FN4OS/c1-2-27-21(16-10-12-17(23)13-11-16)25-26-22(27)29-14-20(28)24-19-9-5-7-15-6-3-4-8-18(15)19/h3-13H,2,14H2,1H3,(H,24,28). The zero-order valence-electron chi connectivity index (χ0n) is 15.8. The Hall–Kier alpha value is -3.19. The van der Waals surface area contributed by atoms with Crippen LogP contribution in [0.2, 0.25) is 0 Å². The molecule has 1 amide bonds. The van der Waals surface area contributed by atoms with Crippen molar-refractivity contribution < 1.29 is 9.18 Å². The highest BCUT2D eigenvalue weighted by Crippen LogP contribution is 2.26. The molecule has 5 nitrogen and oxygen atoms in total. The number of fused-ring (bicyclic) bond motifs is 1. The van der Waals surface area contributed by atoms with Gasteiger partial charge in [0.25, 0.3) is 0 Å². The third-order valence-electron chi connectivity index (χ3n) is 4.53. The number of amides is 1. The Kier molecular flexibility index (Phi) is 5.57. The third kappa shape index (κ3) is 4.14. The Bertz CT molecular complexity index is 1150. The summed E-state index contributed by atoms with van der Waals surface area (Å²) in [6.45, 7) is 2.63. The van der Waals surface area contributed by atoms with Crippen molar-refractivity contribution in [1.29, 1.82) is 0 Å². The number of halogens is 1. The van der Waals surface area contributed by atoms with Crippen molar-refractivity contribution in [3.8, 4) is 11.4 Å². The molecule has 0 unspecified atom stereocenters. The molecule has 4 aromatic rings. The molecule has 0 spiro atoms. The molecule has 0 aliphatic rings. The van der Waals surface area contributed by atoms with Gasteiger partial charge in [-0.1, -0.05) is 48.2 Å². The van der Waals surface area contributed by atoms with E-state index in [9.17, 15) is 9.18 Å². The molecular formula is C22H19FN4OS. The molecule has 0 saturated heterocycles. The predicted molar refractivity (Wildman–Crippen MR) is 114 cm³/mol. The van der Waals surface area contributed by atoms with Gasteiger partial charge in [-0.05, 0) is 42.6 Å². The van der Waals surface area contributed by atoms with Crippen molar-refractivity contribution in [2.45, 2.75) is 18.6 Å². The summed E-state index contributed by atoms with van der Waals surface area (Å²) in [6.07, 6.45) is 0. The van der Waals surface area contributed by atoms with Gasteiger partial charge in [0.15, 0.2) is 11.0 Å². The van der Waals surface area contributed by atoms with Gasteiger partial charge in [0.05, 0.1) is 5.75 Å². The van der Waals surface area contributed by atoms with Gasteiger partial charge >= 0.3 is 0 Å². The fourth-order valence-electron chi connectivity index (χ4n) is 3.14. The van der Waals surface area contributed by atoms with Crippen LogP contribution in [0.3, 0.4) is 0 Å². The zero-order valence-corrected chi connectivity index (χ0v) is 16.6. The lowest BCUT2D eigenvalue weighted by Crippen LogP contribution is -2.15. The highest BCUT2D eigenvalue weighted by Gasteiger charge is 2.15. The Balaban J connectivity index is 1.47. The highest BCUT2D eigenvalue weighted by molar-refractivity contribution is 7.99. The number of hydrogen-bond donors (Lipinski definition) is 1. The number of hydrogen-bond acceptors (Lipinski definition) is 4. The van der Waals surface area contributed by atoms with Gasteiger partial charge in [-0.15, -0.1) is 10.2 Å². The van der Waals surface area contributed by atoms with Gasteiger partial charge in [-0.2, -0.15) is 0 Å². The summed E-state index contributed by atoms with van der Waals surface area (Å²) in [7, 11) is 0. The van der Waals surface area contributed by atoms with Crippen LogP contribution < -0.4 is 5.32 Å². The van der Waals surface area contributed by atoms with Crippen molar-refractivity contribution >= 4 is 34.1 Å². The normalized spacial score (nSPS) is 11.0. The van der Waals surface area contributed by atoms with Crippen LogP contribution in [0, 0.1) is 5.82 Å². The summed E-state index contributed by atoms with van der Waals surface area (Å²) in [5.74, 6) is 0.464. The molecule has 146 valence electrons. The molecule has 0 bridgehead atoms. The number of benzene rings is 3. The number of nitrogens with one attached hydrogen (secondary N) is 1. The molecule has 29 heavy (non-hydrogen) atoms. The zero-order chi connectivity index (χ0) is 20.2. The summed E-state index contributed by atoms with van der Waals surface area (Å²) >= 11 is 1.33. The molecule has 1 heterocycles. The first-order chi connectivity index (χ1) is 14.2. The lowest BCUT2D eigenvalue weighted by Gasteiger charge is -2.09. The Morgan fingerprint density at radius 2 is 1.79 bits per heavy atom. The van der Waals surface area contributed by atoms with E-state index in [0.717, 1.165) is 22.0 Å². The summed E-state index contributed by atoms with van der Waals surface area (Å²) in [5, 5.41) is 14.2. The molecule has 0 atom stereocenters. The maximum absolute atomic E-state index is 13.2. The maximum Gasteiger partial charge on any atom is 0.234 e. The minimum absolute atomic E-state index is 0.111. The minimum Gasteiger partial charge on any atom is -0.325 e. The first kappa shape index (κ1) is 19.1. The maximum atomic E-state index is 13.2. The first-order valence-electron chi connectivity index (χ1n) is 9.25. The summed E-state index contributed by atoms with van der Waals surface area (Å²) in [6, 6.07) is 19.9. The summed E-state index contributed by atoms with van der Waals surface area (Å²) < 4.78 is 15.1. The lowest BCUT2D eigenvalue weighted by atomic mass is 10.1. The number of carbonyl (C=O) groups is 1. The second-order valence-electron chi connectivity index (χ2n) is 6.42. The van der Waals surface area contributed by atoms with Crippen molar-refractivity contribution in [2.24, 2.45) is 0 Å². The van der Waals surface area contributed by atoms with Gasteiger partial charge in [0.2, 0.25) is 5.91 Å². The van der Waals surface area contributed by atoms with Crippen LogP contribution in [-0.2, 0) is 11.3 Å². The number of aromatic nitrogens is 3. The molecule has 4 rings (SSSR count). The SMILES string of the molecule is CCn1c(SCC(=O)Nc2cccc3ccccc23)nnc1-c1ccc(F)cc1. The van der Waals surface area contributed by atoms with Gasteiger partial charge in [0.1, 0.15) is 5.82 Å². The van der Waals surface area contributed by atoms with Crippen molar-refractivity contribution in [1.82, 2.24) is 14.8 Å². The van der Waals surface area contributed by atoms with Gasteiger partial charge < -0.3 is 9.88 Å². The molecule has 0 radical (unpaired) electrons. The van der Waals surface area contributed by atoms with Crippen LogP contribution in [0.1, 0.15) is 6.92 Å². The predicted octanol–water partition coefficient (Wildman–Crippen LogP) is 4.99. The molecule has 1 N–H and O–H groups in total. The highest BCUT2D eigenvalue weighted by atomic mass is 32.2. The number of rotatable bonds is 6. The van der Waals surface area contributed by atoms with Gasteiger partial charge in [-0.3, -0.25) is 4.79 Å². The Morgan fingerprint density at radius 3 is 2.59 bits per heavy atom. The Labute approximate surface area is 172 Å². The largest absolute Gasteiger partial charge is 0.325 e. The van der Waals surface area contributed by atoms with Crippen molar-refractivity contribution in [3.63, 3.8) is 0 Å². The molecule has 3 aromatic carbocycles. The topological polar surface area (TPSA) is 59.8 Å². The Morgan fingerprint density at radius 1 is 1.03 bits per heavy atom. The molecule has 0 saturated carbocycles. The fraction of sp³-hybridized carbons (Fsp3) is 0.136. The second-order valence-corrected chi connectivity index (χ2v) is 7.36. The number of anilines is 1. The van der Waals surface area contributed by atoms with Crippen molar-refractivity contribution in [3.05, 3.63) is 72.5 Å².